The number of nitrogens with one attached hydrogen (secondary N) is 1. The molecular weight excluding hydrogens is 410 g/mol. The zero-order valence-corrected chi connectivity index (χ0v) is 17.5. The molecule has 154 valence electrons. The van der Waals surface area contributed by atoms with Gasteiger partial charge in [-0.05, 0) is 43.3 Å². The average molecular weight is 430 g/mol. The SMILES string of the molecule is C/C(=N\NC(=O)CSc1nc2ccccc2c(=O)n1-c1ccccc1)c1ccncc1. The first-order valence-electron chi connectivity index (χ1n) is 9.57. The van der Waals surface area contributed by atoms with Crippen molar-refractivity contribution in [1.29, 1.82) is 0 Å². The minimum atomic E-state index is -0.291. The van der Waals surface area contributed by atoms with E-state index in [1.54, 1.807) is 31.5 Å². The van der Waals surface area contributed by atoms with E-state index in [1.165, 1.54) is 16.3 Å². The van der Waals surface area contributed by atoms with E-state index in [-0.39, 0.29) is 17.2 Å². The van der Waals surface area contributed by atoms with Crippen LogP contribution in [0.3, 0.4) is 0 Å². The molecule has 0 aliphatic carbocycles. The normalized spacial score (nSPS) is 11.5. The molecule has 8 heteroatoms. The molecule has 0 bridgehead atoms. The Bertz CT molecular complexity index is 1300. The topological polar surface area (TPSA) is 89.2 Å². The van der Waals surface area contributed by atoms with Gasteiger partial charge in [-0.2, -0.15) is 5.10 Å². The lowest BCUT2D eigenvalue weighted by atomic mass is 10.2. The van der Waals surface area contributed by atoms with Crippen molar-refractivity contribution < 1.29 is 4.79 Å². The van der Waals surface area contributed by atoms with E-state index in [0.717, 1.165) is 5.56 Å². The number of carbonyl (C=O) groups excluding carboxylic acids is 1. The molecule has 0 radical (unpaired) electrons. The summed E-state index contributed by atoms with van der Waals surface area (Å²) in [5, 5.41) is 5.11. The molecule has 0 saturated carbocycles. The lowest BCUT2D eigenvalue weighted by molar-refractivity contribution is -0.118. The van der Waals surface area contributed by atoms with Crippen molar-refractivity contribution in [2.45, 2.75) is 12.1 Å². The number of hydrazone groups is 1. The van der Waals surface area contributed by atoms with E-state index in [0.29, 0.717) is 27.5 Å². The maximum Gasteiger partial charge on any atom is 0.266 e. The van der Waals surface area contributed by atoms with Crippen LogP contribution in [-0.2, 0) is 4.79 Å². The molecule has 2 aromatic carbocycles. The Kier molecular flexibility index (Phi) is 6.18. The number of aromatic nitrogens is 3. The first kappa shape index (κ1) is 20.5. The molecule has 0 aliphatic heterocycles. The molecule has 2 aromatic heterocycles. The van der Waals surface area contributed by atoms with Gasteiger partial charge in [0.2, 0.25) is 0 Å². The number of thioether (sulfide) groups is 1. The third-order valence-corrected chi connectivity index (χ3v) is 5.48. The molecule has 0 saturated heterocycles. The molecule has 31 heavy (non-hydrogen) atoms. The summed E-state index contributed by atoms with van der Waals surface area (Å²) in [6.45, 7) is 1.81. The van der Waals surface area contributed by atoms with Crippen molar-refractivity contribution in [1.82, 2.24) is 20.0 Å². The molecule has 1 amide bonds. The molecule has 0 atom stereocenters. The highest BCUT2D eigenvalue weighted by molar-refractivity contribution is 7.99. The van der Waals surface area contributed by atoms with E-state index in [1.807, 2.05) is 54.6 Å². The average Bonchev–Trinajstić information content (AvgIpc) is 2.82. The van der Waals surface area contributed by atoms with Gasteiger partial charge in [-0.3, -0.25) is 19.1 Å². The first-order valence-corrected chi connectivity index (χ1v) is 10.6. The first-order chi connectivity index (χ1) is 15.1. The Morgan fingerprint density at radius 2 is 1.74 bits per heavy atom. The highest BCUT2D eigenvalue weighted by atomic mass is 32.2. The van der Waals surface area contributed by atoms with Crippen LogP contribution in [0.25, 0.3) is 16.6 Å². The van der Waals surface area contributed by atoms with Crippen LogP contribution < -0.4 is 11.0 Å². The third kappa shape index (κ3) is 4.70. The van der Waals surface area contributed by atoms with Crippen molar-refractivity contribution >= 4 is 34.3 Å². The van der Waals surface area contributed by atoms with Gasteiger partial charge >= 0.3 is 0 Å². The molecule has 0 aliphatic rings. The van der Waals surface area contributed by atoms with Crippen LogP contribution in [0.5, 0.6) is 0 Å². The quantitative estimate of drug-likeness (QED) is 0.220. The smallest absolute Gasteiger partial charge is 0.266 e. The Morgan fingerprint density at radius 1 is 1.03 bits per heavy atom. The highest BCUT2D eigenvalue weighted by Crippen LogP contribution is 2.21. The van der Waals surface area contributed by atoms with Crippen LogP contribution in [0.2, 0.25) is 0 Å². The van der Waals surface area contributed by atoms with Crippen LogP contribution in [0.4, 0.5) is 0 Å². The standard InChI is InChI=1S/C23H19N5O2S/c1-16(17-11-13-24-14-12-17)26-27-21(29)15-31-23-25-20-10-6-5-9-19(20)22(30)28(23)18-7-3-2-4-8-18/h2-14H,15H2,1H3,(H,27,29)/b26-16+. The van der Waals surface area contributed by atoms with Crippen molar-refractivity contribution in [3.63, 3.8) is 0 Å². The summed E-state index contributed by atoms with van der Waals surface area (Å²) >= 11 is 1.19. The predicted octanol–water partition coefficient (Wildman–Crippen LogP) is 3.41. The summed E-state index contributed by atoms with van der Waals surface area (Å²) in [7, 11) is 0. The minimum Gasteiger partial charge on any atom is -0.272 e. The zero-order valence-electron chi connectivity index (χ0n) is 16.7. The van der Waals surface area contributed by atoms with Crippen molar-refractivity contribution in [3.8, 4) is 5.69 Å². The largest absolute Gasteiger partial charge is 0.272 e. The van der Waals surface area contributed by atoms with Gasteiger partial charge in [0.15, 0.2) is 5.16 Å². The second kappa shape index (κ2) is 9.36. The lowest BCUT2D eigenvalue weighted by Gasteiger charge is -2.12. The Balaban J connectivity index is 1.58. The van der Waals surface area contributed by atoms with E-state index < -0.39 is 0 Å². The number of carbonyl (C=O) groups is 1. The van der Waals surface area contributed by atoms with Crippen molar-refractivity contribution in [3.05, 3.63) is 95.0 Å². The predicted molar refractivity (Wildman–Crippen MR) is 123 cm³/mol. The molecule has 1 N–H and O–H groups in total. The van der Waals surface area contributed by atoms with Gasteiger partial charge in [0, 0.05) is 18.0 Å². The number of fused-ring (bicyclic) bond motifs is 1. The van der Waals surface area contributed by atoms with Crippen LogP contribution in [0.1, 0.15) is 12.5 Å². The molecule has 4 aromatic rings. The van der Waals surface area contributed by atoms with Gasteiger partial charge in [-0.25, -0.2) is 10.4 Å². The second-order valence-electron chi connectivity index (χ2n) is 6.64. The summed E-state index contributed by atoms with van der Waals surface area (Å²) in [5.41, 5.74) is 5.21. The van der Waals surface area contributed by atoms with Crippen molar-refractivity contribution in [2.24, 2.45) is 5.10 Å². The van der Waals surface area contributed by atoms with Crippen LogP contribution in [0, 0.1) is 0 Å². The number of hydrogen-bond donors (Lipinski definition) is 1. The number of rotatable bonds is 6. The number of benzene rings is 2. The highest BCUT2D eigenvalue weighted by Gasteiger charge is 2.14. The van der Waals surface area contributed by atoms with E-state index in [9.17, 15) is 9.59 Å². The fourth-order valence-electron chi connectivity index (χ4n) is 2.98. The molecule has 0 spiro atoms. The van der Waals surface area contributed by atoms with Crippen LogP contribution >= 0.6 is 11.8 Å². The van der Waals surface area contributed by atoms with Crippen LogP contribution in [-0.4, -0.2) is 31.9 Å². The Hall–Kier alpha value is -3.78. The fraction of sp³-hybridized carbons (Fsp3) is 0.0870. The third-order valence-electron chi connectivity index (χ3n) is 4.54. The fourth-order valence-corrected chi connectivity index (χ4v) is 3.79. The monoisotopic (exact) mass is 429 g/mol. The molecule has 0 unspecified atom stereocenters. The molecule has 2 heterocycles. The molecule has 4 rings (SSSR count). The summed E-state index contributed by atoms with van der Waals surface area (Å²) in [4.78, 5) is 34.1. The Morgan fingerprint density at radius 3 is 2.52 bits per heavy atom. The summed E-state index contributed by atoms with van der Waals surface area (Å²) in [6.07, 6.45) is 3.33. The van der Waals surface area contributed by atoms with E-state index in [2.05, 4.69) is 20.5 Å². The van der Waals surface area contributed by atoms with Gasteiger partial charge in [0.05, 0.1) is 28.1 Å². The second-order valence-corrected chi connectivity index (χ2v) is 7.59. The lowest BCUT2D eigenvalue weighted by Crippen LogP contribution is -2.24. The van der Waals surface area contributed by atoms with Gasteiger partial charge in [0.25, 0.3) is 11.5 Å². The number of nitrogens with zero attached hydrogens (tertiary/aromatic N) is 4. The van der Waals surface area contributed by atoms with Gasteiger partial charge in [-0.15, -0.1) is 0 Å². The van der Waals surface area contributed by atoms with Gasteiger partial charge in [0.1, 0.15) is 0 Å². The zero-order chi connectivity index (χ0) is 21.6. The number of para-hydroxylation sites is 2. The number of hydrogen-bond acceptors (Lipinski definition) is 6. The minimum absolute atomic E-state index is 0.0603. The summed E-state index contributed by atoms with van der Waals surface area (Å²) in [5.74, 6) is -0.231. The van der Waals surface area contributed by atoms with Crippen molar-refractivity contribution in [2.75, 3.05) is 5.75 Å². The van der Waals surface area contributed by atoms with Gasteiger partial charge < -0.3 is 0 Å². The number of amides is 1. The Labute approximate surface area is 182 Å². The summed E-state index contributed by atoms with van der Waals surface area (Å²) in [6, 6.07) is 20.1. The summed E-state index contributed by atoms with van der Waals surface area (Å²) < 4.78 is 1.53. The maximum absolute atomic E-state index is 13.1. The van der Waals surface area contributed by atoms with E-state index >= 15 is 0 Å². The number of pyridine rings is 1. The molecular formula is C23H19N5O2S. The molecule has 0 fully saturated rings. The maximum atomic E-state index is 13.1. The van der Waals surface area contributed by atoms with E-state index in [4.69, 9.17) is 0 Å². The van der Waals surface area contributed by atoms with Crippen LogP contribution in [0.15, 0.2) is 94.2 Å². The molecule has 7 nitrogen and oxygen atoms in total. The van der Waals surface area contributed by atoms with Gasteiger partial charge in [-0.1, -0.05) is 42.1 Å².